The Bertz CT molecular complexity index is 333. The summed E-state index contributed by atoms with van der Waals surface area (Å²) in [6.07, 6.45) is 3.60. The molecule has 0 aliphatic carbocycles. The predicted octanol–water partition coefficient (Wildman–Crippen LogP) is 2.98. The third-order valence-electron chi connectivity index (χ3n) is 3.30. The average molecular weight is 237 g/mol. The zero-order chi connectivity index (χ0) is 12.1. The highest BCUT2D eigenvalue weighted by Crippen LogP contribution is 2.23. The van der Waals surface area contributed by atoms with Gasteiger partial charge in [-0.2, -0.15) is 0 Å². The highest BCUT2D eigenvalue weighted by atomic mass is 19.1. The Balaban J connectivity index is 1.98. The number of rotatable bonds is 5. The Hall–Kier alpha value is -1.09. The van der Waals surface area contributed by atoms with Gasteiger partial charge in [-0.05, 0) is 43.7 Å². The van der Waals surface area contributed by atoms with Crippen molar-refractivity contribution in [2.75, 3.05) is 13.1 Å². The van der Waals surface area contributed by atoms with Gasteiger partial charge in [-0.1, -0.05) is 13.3 Å². The highest BCUT2D eigenvalue weighted by molar-refractivity contribution is 5.22. The Morgan fingerprint density at radius 2 is 2.18 bits per heavy atom. The minimum atomic E-state index is -0.216. The van der Waals surface area contributed by atoms with Crippen LogP contribution in [0.4, 0.5) is 4.39 Å². The van der Waals surface area contributed by atoms with Gasteiger partial charge in [0, 0.05) is 12.5 Å². The summed E-state index contributed by atoms with van der Waals surface area (Å²) in [4.78, 5) is 0. The summed E-state index contributed by atoms with van der Waals surface area (Å²) in [6.45, 7) is 4.28. The third-order valence-corrected chi connectivity index (χ3v) is 3.30. The van der Waals surface area contributed by atoms with Crippen LogP contribution >= 0.6 is 0 Å². The molecule has 1 aliphatic heterocycles. The molecule has 2 nitrogen and oxygen atoms in total. The Labute approximate surface area is 102 Å². The Morgan fingerprint density at radius 3 is 2.76 bits per heavy atom. The van der Waals surface area contributed by atoms with Crippen molar-refractivity contribution in [1.82, 2.24) is 5.32 Å². The fourth-order valence-electron chi connectivity index (χ4n) is 2.36. The van der Waals surface area contributed by atoms with Crippen molar-refractivity contribution in [3.63, 3.8) is 0 Å². The van der Waals surface area contributed by atoms with E-state index < -0.39 is 0 Å². The monoisotopic (exact) mass is 237 g/mol. The Kier molecular flexibility index (Phi) is 4.37. The summed E-state index contributed by atoms with van der Waals surface area (Å²) in [5.74, 6) is 1.14. The van der Waals surface area contributed by atoms with Crippen LogP contribution in [0.3, 0.4) is 0 Å². The molecule has 1 aromatic carbocycles. The second-order valence-corrected chi connectivity index (χ2v) is 4.65. The molecule has 0 spiro atoms. The SMILES string of the molecule is CCC[C@H](Oc1ccc(F)cc1)C1CCNC1. The first kappa shape index (κ1) is 12.4. The van der Waals surface area contributed by atoms with E-state index in [-0.39, 0.29) is 11.9 Å². The summed E-state index contributed by atoms with van der Waals surface area (Å²) >= 11 is 0. The maximum absolute atomic E-state index is 12.8. The summed E-state index contributed by atoms with van der Waals surface area (Å²) < 4.78 is 18.8. The van der Waals surface area contributed by atoms with E-state index in [0.29, 0.717) is 5.92 Å². The first-order valence-corrected chi connectivity index (χ1v) is 6.42. The first-order valence-electron chi connectivity index (χ1n) is 6.42. The summed E-state index contributed by atoms with van der Waals surface area (Å²) in [6, 6.07) is 6.32. The van der Waals surface area contributed by atoms with E-state index >= 15 is 0 Å². The molecule has 1 fully saturated rings. The molecule has 17 heavy (non-hydrogen) atoms. The summed E-state index contributed by atoms with van der Waals surface area (Å²) in [5, 5.41) is 3.37. The second kappa shape index (κ2) is 6.01. The van der Waals surface area contributed by atoms with Crippen molar-refractivity contribution in [3.05, 3.63) is 30.1 Å². The molecule has 0 radical (unpaired) electrons. The van der Waals surface area contributed by atoms with E-state index in [9.17, 15) is 4.39 Å². The molecule has 0 aromatic heterocycles. The van der Waals surface area contributed by atoms with Gasteiger partial charge in [-0.3, -0.25) is 0 Å². The third kappa shape index (κ3) is 3.43. The molecule has 1 aromatic rings. The highest BCUT2D eigenvalue weighted by Gasteiger charge is 2.25. The summed E-state index contributed by atoms with van der Waals surface area (Å²) in [7, 11) is 0. The largest absolute Gasteiger partial charge is 0.490 e. The predicted molar refractivity (Wildman–Crippen MR) is 66.7 cm³/mol. The van der Waals surface area contributed by atoms with E-state index in [1.165, 1.54) is 18.6 Å². The lowest BCUT2D eigenvalue weighted by Gasteiger charge is -2.24. The van der Waals surface area contributed by atoms with Crippen molar-refractivity contribution >= 4 is 0 Å². The van der Waals surface area contributed by atoms with Crippen molar-refractivity contribution in [3.8, 4) is 5.75 Å². The van der Waals surface area contributed by atoms with Crippen LogP contribution in [0.1, 0.15) is 26.2 Å². The molecule has 1 saturated heterocycles. The van der Waals surface area contributed by atoms with Crippen molar-refractivity contribution in [1.29, 1.82) is 0 Å². The minimum absolute atomic E-state index is 0.216. The van der Waals surface area contributed by atoms with Gasteiger partial charge < -0.3 is 10.1 Å². The normalized spacial score (nSPS) is 21.4. The van der Waals surface area contributed by atoms with Gasteiger partial charge in [-0.25, -0.2) is 4.39 Å². The molecule has 1 N–H and O–H groups in total. The van der Waals surface area contributed by atoms with E-state index in [1.807, 2.05) is 0 Å². The van der Waals surface area contributed by atoms with Gasteiger partial charge in [0.2, 0.25) is 0 Å². The standard InChI is InChI=1S/C14H20FNO/c1-2-3-14(11-8-9-16-10-11)17-13-6-4-12(15)5-7-13/h4-7,11,14,16H,2-3,8-10H2,1H3/t11?,14-/m0/s1. The molecule has 0 saturated carbocycles. The topological polar surface area (TPSA) is 21.3 Å². The molecule has 94 valence electrons. The van der Waals surface area contributed by atoms with Gasteiger partial charge in [-0.15, -0.1) is 0 Å². The van der Waals surface area contributed by atoms with Crippen molar-refractivity contribution < 1.29 is 9.13 Å². The van der Waals surface area contributed by atoms with E-state index in [4.69, 9.17) is 4.74 Å². The van der Waals surface area contributed by atoms with Crippen LogP contribution in [0.2, 0.25) is 0 Å². The van der Waals surface area contributed by atoms with Crippen LogP contribution in [-0.2, 0) is 0 Å². The van der Waals surface area contributed by atoms with Crippen LogP contribution in [0, 0.1) is 11.7 Å². The van der Waals surface area contributed by atoms with Gasteiger partial charge in [0.05, 0.1) is 0 Å². The molecule has 1 aliphatic rings. The molecular formula is C14H20FNO. The number of nitrogens with one attached hydrogen (secondary N) is 1. The zero-order valence-corrected chi connectivity index (χ0v) is 10.3. The molecule has 0 amide bonds. The van der Waals surface area contributed by atoms with Crippen molar-refractivity contribution in [2.45, 2.75) is 32.3 Å². The van der Waals surface area contributed by atoms with Gasteiger partial charge in [0.25, 0.3) is 0 Å². The van der Waals surface area contributed by atoms with Gasteiger partial charge in [0.1, 0.15) is 17.7 Å². The maximum Gasteiger partial charge on any atom is 0.123 e. The molecule has 2 rings (SSSR count). The van der Waals surface area contributed by atoms with Crippen LogP contribution in [0.25, 0.3) is 0 Å². The van der Waals surface area contributed by atoms with Gasteiger partial charge >= 0.3 is 0 Å². The lowest BCUT2D eigenvalue weighted by Crippen LogP contribution is -2.28. The number of halogens is 1. The van der Waals surface area contributed by atoms with Crippen molar-refractivity contribution in [2.24, 2.45) is 5.92 Å². The van der Waals surface area contributed by atoms with Crippen LogP contribution in [0.5, 0.6) is 5.75 Å². The van der Waals surface area contributed by atoms with E-state index in [2.05, 4.69) is 12.2 Å². The number of benzene rings is 1. The lowest BCUT2D eigenvalue weighted by molar-refractivity contribution is 0.132. The second-order valence-electron chi connectivity index (χ2n) is 4.65. The maximum atomic E-state index is 12.8. The molecular weight excluding hydrogens is 217 g/mol. The average Bonchev–Trinajstić information content (AvgIpc) is 2.85. The number of hydrogen-bond acceptors (Lipinski definition) is 2. The van der Waals surface area contributed by atoms with Crippen LogP contribution in [0.15, 0.2) is 24.3 Å². The molecule has 0 bridgehead atoms. The van der Waals surface area contributed by atoms with E-state index in [1.54, 1.807) is 12.1 Å². The molecule has 1 heterocycles. The molecule has 2 atom stereocenters. The quantitative estimate of drug-likeness (QED) is 0.850. The fraction of sp³-hybridized carbons (Fsp3) is 0.571. The smallest absolute Gasteiger partial charge is 0.123 e. The van der Waals surface area contributed by atoms with Crippen LogP contribution < -0.4 is 10.1 Å². The molecule has 3 heteroatoms. The summed E-state index contributed by atoms with van der Waals surface area (Å²) in [5.41, 5.74) is 0. The lowest BCUT2D eigenvalue weighted by atomic mass is 9.97. The zero-order valence-electron chi connectivity index (χ0n) is 10.3. The number of hydrogen-bond donors (Lipinski definition) is 1. The number of ether oxygens (including phenoxy) is 1. The molecule has 1 unspecified atom stereocenters. The van der Waals surface area contributed by atoms with E-state index in [0.717, 1.165) is 31.7 Å². The Morgan fingerprint density at radius 1 is 1.41 bits per heavy atom. The first-order chi connectivity index (χ1) is 8.29. The fourth-order valence-corrected chi connectivity index (χ4v) is 2.36. The van der Waals surface area contributed by atoms with Gasteiger partial charge in [0.15, 0.2) is 0 Å². The minimum Gasteiger partial charge on any atom is -0.490 e. The van der Waals surface area contributed by atoms with Crippen LogP contribution in [-0.4, -0.2) is 19.2 Å².